The Morgan fingerprint density at radius 3 is 2.21 bits per heavy atom. The molecule has 1 nitrogen and oxygen atoms in total. The minimum atomic E-state index is -1.40. The first-order chi connectivity index (χ1) is 8.91. The number of aryl methyl sites for hydroxylation is 1. The van der Waals surface area contributed by atoms with Crippen LogP contribution < -0.4 is 0 Å². The van der Waals surface area contributed by atoms with Crippen LogP contribution in [0.3, 0.4) is 0 Å². The van der Waals surface area contributed by atoms with Crippen molar-refractivity contribution in [1.82, 2.24) is 0 Å². The van der Waals surface area contributed by atoms with Crippen LogP contribution in [0, 0.1) is 30.2 Å². The number of hydrogen-bond acceptors (Lipinski definition) is 1. The molecule has 0 aromatic heterocycles. The van der Waals surface area contributed by atoms with E-state index < -0.39 is 34.6 Å². The molecule has 0 bridgehead atoms. The molecule has 2 aromatic carbocycles. The van der Waals surface area contributed by atoms with Crippen molar-refractivity contribution in [2.75, 3.05) is 0 Å². The zero-order valence-corrected chi connectivity index (χ0v) is 9.81. The van der Waals surface area contributed by atoms with E-state index in [9.17, 15) is 22.4 Å². The lowest BCUT2D eigenvalue weighted by molar-refractivity contribution is 0.103. The number of carbonyl (C=O) groups is 1. The molecule has 19 heavy (non-hydrogen) atoms. The van der Waals surface area contributed by atoms with Gasteiger partial charge in [0, 0.05) is 6.07 Å². The highest BCUT2D eigenvalue weighted by Crippen LogP contribution is 2.20. The number of rotatable bonds is 2. The van der Waals surface area contributed by atoms with Crippen LogP contribution in [0.2, 0.25) is 0 Å². The second-order valence-electron chi connectivity index (χ2n) is 4.01. The van der Waals surface area contributed by atoms with E-state index in [0.29, 0.717) is 6.07 Å². The molecule has 0 amide bonds. The first-order valence-electron chi connectivity index (χ1n) is 5.36. The molecular weight excluding hydrogens is 260 g/mol. The zero-order valence-electron chi connectivity index (χ0n) is 9.81. The zero-order chi connectivity index (χ0) is 14.2. The third kappa shape index (κ3) is 2.36. The summed E-state index contributed by atoms with van der Waals surface area (Å²) in [6.07, 6.45) is 0. The van der Waals surface area contributed by atoms with E-state index in [1.54, 1.807) is 0 Å². The quantitative estimate of drug-likeness (QED) is 0.460. The Kier molecular flexibility index (Phi) is 3.38. The average Bonchev–Trinajstić information content (AvgIpc) is 2.36. The van der Waals surface area contributed by atoms with Crippen LogP contribution in [0.5, 0.6) is 0 Å². The highest BCUT2D eigenvalue weighted by molar-refractivity contribution is 6.09. The van der Waals surface area contributed by atoms with Crippen molar-refractivity contribution in [1.29, 1.82) is 0 Å². The number of halogens is 4. The van der Waals surface area contributed by atoms with Gasteiger partial charge in [0.2, 0.25) is 0 Å². The molecule has 0 heterocycles. The lowest BCUT2D eigenvalue weighted by Crippen LogP contribution is -2.09. The van der Waals surface area contributed by atoms with Gasteiger partial charge in [0.05, 0.1) is 11.1 Å². The molecule has 0 atom stereocenters. The summed E-state index contributed by atoms with van der Waals surface area (Å²) in [4.78, 5) is 11.9. The van der Waals surface area contributed by atoms with Crippen molar-refractivity contribution in [3.63, 3.8) is 0 Å². The van der Waals surface area contributed by atoms with E-state index in [-0.39, 0.29) is 17.2 Å². The summed E-state index contributed by atoms with van der Waals surface area (Å²) in [5.74, 6) is -5.84. The summed E-state index contributed by atoms with van der Waals surface area (Å²) < 4.78 is 53.0. The maximum absolute atomic E-state index is 13.7. The van der Waals surface area contributed by atoms with Crippen LogP contribution in [0.1, 0.15) is 21.5 Å². The van der Waals surface area contributed by atoms with E-state index in [1.165, 1.54) is 19.1 Å². The van der Waals surface area contributed by atoms with Crippen molar-refractivity contribution in [2.45, 2.75) is 6.92 Å². The first kappa shape index (κ1) is 13.3. The van der Waals surface area contributed by atoms with Gasteiger partial charge < -0.3 is 0 Å². The van der Waals surface area contributed by atoms with Gasteiger partial charge in [-0.3, -0.25) is 4.79 Å². The number of benzene rings is 2. The average molecular weight is 268 g/mol. The van der Waals surface area contributed by atoms with Crippen LogP contribution in [-0.2, 0) is 0 Å². The molecule has 2 aromatic rings. The minimum absolute atomic E-state index is 0.203. The van der Waals surface area contributed by atoms with Crippen LogP contribution in [-0.4, -0.2) is 5.78 Å². The van der Waals surface area contributed by atoms with Gasteiger partial charge in [-0.15, -0.1) is 0 Å². The van der Waals surface area contributed by atoms with E-state index in [1.807, 2.05) is 0 Å². The smallest absolute Gasteiger partial charge is 0.199 e. The molecule has 0 unspecified atom stereocenters. The molecule has 0 N–H and O–H groups in total. The van der Waals surface area contributed by atoms with Gasteiger partial charge in [0.1, 0.15) is 11.6 Å². The lowest BCUT2D eigenvalue weighted by atomic mass is 10.0. The summed E-state index contributed by atoms with van der Waals surface area (Å²) in [6.45, 7) is 1.44. The van der Waals surface area contributed by atoms with Crippen LogP contribution in [0.4, 0.5) is 17.6 Å². The minimum Gasteiger partial charge on any atom is -0.288 e. The second kappa shape index (κ2) is 4.84. The maximum atomic E-state index is 13.7. The highest BCUT2D eigenvalue weighted by atomic mass is 19.2. The Hall–Kier alpha value is -2.17. The van der Waals surface area contributed by atoms with Crippen molar-refractivity contribution in [2.24, 2.45) is 0 Å². The van der Waals surface area contributed by atoms with Gasteiger partial charge in [-0.1, -0.05) is 12.1 Å². The van der Waals surface area contributed by atoms with E-state index in [4.69, 9.17) is 0 Å². The van der Waals surface area contributed by atoms with Crippen molar-refractivity contribution in [3.05, 3.63) is 70.3 Å². The highest BCUT2D eigenvalue weighted by Gasteiger charge is 2.20. The van der Waals surface area contributed by atoms with E-state index in [0.717, 1.165) is 6.07 Å². The Morgan fingerprint density at radius 1 is 0.895 bits per heavy atom. The fourth-order valence-electron chi connectivity index (χ4n) is 1.66. The van der Waals surface area contributed by atoms with Gasteiger partial charge in [0.15, 0.2) is 17.4 Å². The fourth-order valence-corrected chi connectivity index (χ4v) is 1.66. The molecule has 0 aliphatic heterocycles. The Bertz CT molecular complexity index is 665. The SMILES string of the molecule is Cc1cccc(C(=O)c2cc(F)c(F)cc2F)c1F. The Balaban J connectivity index is 2.56. The van der Waals surface area contributed by atoms with Gasteiger partial charge in [0.25, 0.3) is 0 Å². The molecule has 0 radical (unpaired) electrons. The molecule has 0 aliphatic rings. The predicted molar refractivity (Wildman–Crippen MR) is 60.9 cm³/mol. The summed E-state index contributed by atoms with van der Waals surface area (Å²) in [5.41, 5.74) is -0.887. The number of hydrogen-bond donors (Lipinski definition) is 0. The number of ketones is 1. The molecule has 0 aliphatic carbocycles. The maximum Gasteiger partial charge on any atom is 0.199 e. The van der Waals surface area contributed by atoms with Gasteiger partial charge >= 0.3 is 0 Å². The normalized spacial score (nSPS) is 10.6. The molecule has 0 saturated carbocycles. The third-order valence-corrected chi connectivity index (χ3v) is 2.69. The first-order valence-corrected chi connectivity index (χ1v) is 5.36. The molecular formula is C14H8F4O. The second-order valence-corrected chi connectivity index (χ2v) is 4.01. The van der Waals surface area contributed by atoms with Crippen LogP contribution in [0.25, 0.3) is 0 Å². The van der Waals surface area contributed by atoms with Crippen LogP contribution in [0.15, 0.2) is 30.3 Å². The van der Waals surface area contributed by atoms with Gasteiger partial charge in [-0.05, 0) is 24.6 Å². The summed E-state index contributed by atoms with van der Waals surface area (Å²) in [6, 6.07) is 4.70. The number of carbonyl (C=O) groups excluding carboxylic acids is 1. The molecule has 0 spiro atoms. The molecule has 0 fully saturated rings. The molecule has 98 valence electrons. The predicted octanol–water partition coefficient (Wildman–Crippen LogP) is 3.78. The van der Waals surface area contributed by atoms with Crippen molar-refractivity contribution >= 4 is 5.78 Å². The topological polar surface area (TPSA) is 17.1 Å². The lowest BCUT2D eigenvalue weighted by Gasteiger charge is -2.06. The van der Waals surface area contributed by atoms with Crippen LogP contribution >= 0.6 is 0 Å². The van der Waals surface area contributed by atoms with E-state index >= 15 is 0 Å². The Morgan fingerprint density at radius 2 is 1.53 bits per heavy atom. The fraction of sp³-hybridized carbons (Fsp3) is 0.0714. The summed E-state index contributed by atoms with van der Waals surface area (Å²) in [5, 5.41) is 0. The van der Waals surface area contributed by atoms with Crippen molar-refractivity contribution < 1.29 is 22.4 Å². The molecule has 5 heteroatoms. The Labute approximate surface area is 106 Å². The van der Waals surface area contributed by atoms with E-state index in [2.05, 4.69) is 0 Å². The van der Waals surface area contributed by atoms with Gasteiger partial charge in [-0.2, -0.15) is 0 Å². The largest absolute Gasteiger partial charge is 0.288 e. The van der Waals surface area contributed by atoms with Crippen molar-refractivity contribution in [3.8, 4) is 0 Å². The monoisotopic (exact) mass is 268 g/mol. The molecule has 2 rings (SSSR count). The molecule has 0 saturated heterocycles. The third-order valence-electron chi connectivity index (χ3n) is 2.69. The summed E-state index contributed by atoms with van der Waals surface area (Å²) >= 11 is 0. The summed E-state index contributed by atoms with van der Waals surface area (Å²) in [7, 11) is 0. The standard InChI is InChI=1S/C14H8F4O/c1-7-3-2-4-8(13(7)18)14(19)9-5-11(16)12(17)6-10(9)15/h2-6H,1H3. The van der Waals surface area contributed by atoms with Gasteiger partial charge in [-0.25, -0.2) is 17.6 Å².